The molecule has 0 spiro atoms. The third-order valence-electron chi connectivity index (χ3n) is 5.84. The zero-order valence-electron chi connectivity index (χ0n) is 20.0. The molecule has 13 heteroatoms. The fraction of sp³-hybridized carbons (Fsp3) is 0.522. The molecule has 4 atom stereocenters. The minimum Gasteiger partial charge on any atom is -0.480 e. The van der Waals surface area contributed by atoms with Crippen molar-refractivity contribution in [2.45, 2.75) is 56.3 Å². The van der Waals surface area contributed by atoms with Crippen LogP contribution in [0, 0.1) is 0 Å². The number of benzene rings is 1. The van der Waals surface area contributed by atoms with Crippen molar-refractivity contribution >= 4 is 29.7 Å². The van der Waals surface area contributed by atoms with Gasteiger partial charge in [0.05, 0.1) is 12.6 Å². The van der Waals surface area contributed by atoms with Gasteiger partial charge in [-0.3, -0.25) is 19.4 Å². The zero-order valence-corrected chi connectivity index (χ0v) is 20.0. The van der Waals surface area contributed by atoms with E-state index in [-0.39, 0.29) is 25.3 Å². The summed E-state index contributed by atoms with van der Waals surface area (Å²) in [5.74, 6) is -3.19. The summed E-state index contributed by atoms with van der Waals surface area (Å²) < 4.78 is 0. The molecule has 198 valence electrons. The number of carboxylic acid groups (broad SMARTS) is 1. The van der Waals surface area contributed by atoms with Gasteiger partial charge in [0.2, 0.25) is 17.7 Å². The van der Waals surface area contributed by atoms with Crippen molar-refractivity contribution in [3.8, 4) is 0 Å². The number of aliphatic hydroxyl groups is 1. The van der Waals surface area contributed by atoms with Crippen LogP contribution in [0.1, 0.15) is 31.2 Å². The summed E-state index contributed by atoms with van der Waals surface area (Å²) in [4.78, 5) is 55.1. The number of aliphatic imine (C=N–C) groups is 1. The van der Waals surface area contributed by atoms with Gasteiger partial charge in [-0.25, -0.2) is 4.79 Å². The SMILES string of the molecule is NC(N)=NCCCC(N)C(=O)NC(Cc1ccccc1)C(=O)NC(CO)C(=O)N1CCCC1C(=O)O. The van der Waals surface area contributed by atoms with Crippen LogP contribution in [0.4, 0.5) is 0 Å². The van der Waals surface area contributed by atoms with Crippen molar-refractivity contribution in [2.75, 3.05) is 19.7 Å². The standard InChI is InChI=1S/C23H35N7O6/c24-15(8-4-10-27-23(25)26)19(32)28-16(12-14-6-2-1-3-7-14)20(33)29-17(13-31)21(34)30-11-5-9-18(30)22(35)36/h1-3,6-7,15-18,31H,4-5,8-13,24H2,(H,28,32)(H,29,33)(H,35,36)(H4,25,26,27). The van der Waals surface area contributed by atoms with Crippen LogP contribution in [0.3, 0.4) is 0 Å². The monoisotopic (exact) mass is 505 g/mol. The van der Waals surface area contributed by atoms with Gasteiger partial charge in [0.1, 0.15) is 18.1 Å². The second-order valence-corrected chi connectivity index (χ2v) is 8.58. The number of rotatable bonds is 13. The molecule has 0 saturated carbocycles. The molecule has 0 radical (unpaired) electrons. The number of aliphatic carboxylic acids is 1. The molecular formula is C23H35N7O6. The van der Waals surface area contributed by atoms with Crippen LogP contribution in [0.2, 0.25) is 0 Å². The molecule has 2 rings (SSSR count). The molecule has 13 nitrogen and oxygen atoms in total. The largest absolute Gasteiger partial charge is 0.480 e. The fourth-order valence-corrected chi connectivity index (χ4v) is 3.93. The molecule has 1 aliphatic rings. The Bertz CT molecular complexity index is 938. The van der Waals surface area contributed by atoms with Gasteiger partial charge in [-0.2, -0.15) is 0 Å². The molecule has 1 aliphatic heterocycles. The fourth-order valence-electron chi connectivity index (χ4n) is 3.93. The molecule has 3 amide bonds. The maximum Gasteiger partial charge on any atom is 0.326 e. The first-order valence-electron chi connectivity index (χ1n) is 11.7. The molecule has 0 aromatic heterocycles. The third-order valence-corrected chi connectivity index (χ3v) is 5.84. The van der Waals surface area contributed by atoms with Gasteiger partial charge in [0.15, 0.2) is 5.96 Å². The molecule has 1 aromatic rings. The lowest BCUT2D eigenvalue weighted by Crippen LogP contribution is -2.58. The topological polar surface area (TPSA) is 226 Å². The summed E-state index contributed by atoms with van der Waals surface area (Å²) in [6.45, 7) is -0.226. The van der Waals surface area contributed by atoms with E-state index in [1.807, 2.05) is 0 Å². The molecule has 10 N–H and O–H groups in total. The number of hydrogen-bond acceptors (Lipinski definition) is 7. The number of carboxylic acids is 1. The predicted molar refractivity (Wildman–Crippen MR) is 131 cm³/mol. The van der Waals surface area contributed by atoms with Crippen molar-refractivity contribution in [3.63, 3.8) is 0 Å². The van der Waals surface area contributed by atoms with Gasteiger partial charge in [-0.15, -0.1) is 0 Å². The Hall–Kier alpha value is -3.71. The van der Waals surface area contributed by atoms with Gasteiger partial charge in [0, 0.05) is 19.5 Å². The van der Waals surface area contributed by atoms with E-state index in [0.29, 0.717) is 25.8 Å². The van der Waals surface area contributed by atoms with Crippen LogP contribution in [0.15, 0.2) is 35.3 Å². The highest BCUT2D eigenvalue weighted by molar-refractivity contribution is 5.94. The Morgan fingerprint density at radius 3 is 2.36 bits per heavy atom. The number of guanidine groups is 1. The summed E-state index contributed by atoms with van der Waals surface area (Å²) in [6, 6.07) is 4.51. The number of hydrogen-bond donors (Lipinski definition) is 7. The summed E-state index contributed by atoms with van der Waals surface area (Å²) in [5, 5.41) is 24.2. The van der Waals surface area contributed by atoms with E-state index in [0.717, 1.165) is 10.5 Å². The van der Waals surface area contributed by atoms with E-state index >= 15 is 0 Å². The van der Waals surface area contributed by atoms with E-state index in [1.165, 1.54) is 0 Å². The van der Waals surface area contributed by atoms with Crippen molar-refractivity contribution in [1.82, 2.24) is 15.5 Å². The first-order chi connectivity index (χ1) is 17.1. The van der Waals surface area contributed by atoms with E-state index in [9.17, 15) is 29.4 Å². The Labute approximate surface area is 209 Å². The second-order valence-electron chi connectivity index (χ2n) is 8.58. The smallest absolute Gasteiger partial charge is 0.326 e. The number of nitrogens with zero attached hydrogens (tertiary/aromatic N) is 2. The van der Waals surface area contributed by atoms with Crippen LogP contribution < -0.4 is 27.8 Å². The first kappa shape index (κ1) is 28.5. The molecule has 0 aliphatic carbocycles. The second kappa shape index (κ2) is 14.0. The van der Waals surface area contributed by atoms with Gasteiger partial charge < -0.3 is 42.9 Å². The number of amides is 3. The first-order valence-corrected chi connectivity index (χ1v) is 11.7. The molecule has 1 heterocycles. The Morgan fingerprint density at radius 2 is 1.75 bits per heavy atom. The van der Waals surface area contributed by atoms with Gasteiger partial charge in [-0.05, 0) is 31.2 Å². The lowest BCUT2D eigenvalue weighted by Gasteiger charge is -2.28. The number of nitrogens with one attached hydrogen (secondary N) is 2. The van der Waals surface area contributed by atoms with Crippen molar-refractivity contribution < 1.29 is 29.4 Å². The molecule has 1 saturated heterocycles. The van der Waals surface area contributed by atoms with Crippen molar-refractivity contribution in [2.24, 2.45) is 22.2 Å². The van der Waals surface area contributed by atoms with E-state index in [4.69, 9.17) is 17.2 Å². The Morgan fingerprint density at radius 1 is 1.08 bits per heavy atom. The highest BCUT2D eigenvalue weighted by Crippen LogP contribution is 2.18. The van der Waals surface area contributed by atoms with E-state index in [1.54, 1.807) is 30.3 Å². The number of carbonyl (C=O) groups excluding carboxylic acids is 3. The van der Waals surface area contributed by atoms with Crippen molar-refractivity contribution in [3.05, 3.63) is 35.9 Å². The van der Waals surface area contributed by atoms with Crippen LogP contribution in [0.5, 0.6) is 0 Å². The minimum absolute atomic E-state index is 0.0655. The Kier molecular flexibility index (Phi) is 11.1. The van der Waals surface area contributed by atoms with Crippen LogP contribution in [-0.4, -0.2) is 88.6 Å². The summed E-state index contributed by atoms with van der Waals surface area (Å²) in [5.41, 5.74) is 17.3. The molecule has 36 heavy (non-hydrogen) atoms. The van der Waals surface area contributed by atoms with Crippen molar-refractivity contribution in [1.29, 1.82) is 0 Å². The maximum atomic E-state index is 13.1. The summed E-state index contributed by atoms with van der Waals surface area (Å²) in [7, 11) is 0. The molecular weight excluding hydrogens is 470 g/mol. The van der Waals surface area contributed by atoms with Crippen LogP contribution >= 0.6 is 0 Å². The van der Waals surface area contributed by atoms with Gasteiger partial charge >= 0.3 is 5.97 Å². The number of carbonyl (C=O) groups is 4. The zero-order chi connectivity index (χ0) is 26.7. The quantitative estimate of drug-likeness (QED) is 0.0863. The average Bonchev–Trinajstić information content (AvgIpc) is 3.35. The normalized spacial score (nSPS) is 17.5. The van der Waals surface area contributed by atoms with Crippen LogP contribution in [0.25, 0.3) is 0 Å². The third kappa shape index (κ3) is 8.50. The van der Waals surface area contributed by atoms with Gasteiger partial charge in [-0.1, -0.05) is 30.3 Å². The number of nitrogens with two attached hydrogens (primary N) is 3. The number of likely N-dealkylation sites (tertiary alicyclic amines) is 1. The van der Waals surface area contributed by atoms with Crippen LogP contribution in [-0.2, 0) is 25.6 Å². The van der Waals surface area contributed by atoms with E-state index < -0.39 is 54.5 Å². The molecule has 1 fully saturated rings. The summed E-state index contributed by atoms with van der Waals surface area (Å²) in [6.07, 6.45) is 1.62. The highest BCUT2D eigenvalue weighted by Gasteiger charge is 2.38. The van der Waals surface area contributed by atoms with E-state index in [2.05, 4.69) is 15.6 Å². The lowest BCUT2D eigenvalue weighted by molar-refractivity contribution is -0.150. The van der Waals surface area contributed by atoms with Gasteiger partial charge in [0.25, 0.3) is 0 Å². The lowest BCUT2D eigenvalue weighted by atomic mass is 10.0. The molecule has 1 aromatic carbocycles. The minimum atomic E-state index is -1.36. The highest BCUT2D eigenvalue weighted by atomic mass is 16.4. The Balaban J connectivity index is 2.10. The average molecular weight is 506 g/mol. The molecule has 0 bridgehead atoms. The summed E-state index contributed by atoms with van der Waals surface area (Å²) >= 11 is 0. The maximum absolute atomic E-state index is 13.1. The number of aliphatic hydroxyl groups excluding tert-OH is 1. The predicted octanol–water partition coefficient (Wildman–Crippen LogP) is -2.35. The molecule has 4 unspecified atom stereocenters.